The van der Waals surface area contributed by atoms with E-state index in [-0.39, 0.29) is 12.4 Å². The SMILES string of the molecule is CCCC.CN.Cl. The molecule has 0 saturated carbocycles. The molecule has 0 aliphatic heterocycles. The molecule has 2 N–H and O–H groups in total. The van der Waals surface area contributed by atoms with Crippen molar-refractivity contribution in [2.24, 2.45) is 5.73 Å². The zero-order valence-electron chi connectivity index (χ0n) is 5.40. The predicted octanol–water partition coefficient (Wildman–Crippen LogP) is 1.80. The summed E-state index contributed by atoms with van der Waals surface area (Å²) in [6.45, 7) is 4.36. The Morgan fingerprint density at radius 2 is 1.14 bits per heavy atom. The summed E-state index contributed by atoms with van der Waals surface area (Å²) in [5, 5.41) is 0. The van der Waals surface area contributed by atoms with E-state index < -0.39 is 0 Å². The van der Waals surface area contributed by atoms with E-state index in [1.807, 2.05) is 0 Å². The van der Waals surface area contributed by atoms with Crippen LogP contribution in [0.25, 0.3) is 0 Å². The molecule has 0 aliphatic carbocycles. The molecule has 7 heavy (non-hydrogen) atoms. The van der Waals surface area contributed by atoms with Crippen LogP contribution in [-0.2, 0) is 0 Å². The fraction of sp³-hybridized carbons (Fsp3) is 1.00. The summed E-state index contributed by atoms with van der Waals surface area (Å²) in [5.74, 6) is 0. The Labute approximate surface area is 52.7 Å². The molecule has 0 aromatic heterocycles. The molecule has 0 spiro atoms. The van der Waals surface area contributed by atoms with Gasteiger partial charge in [0, 0.05) is 0 Å². The molecule has 0 aromatic carbocycles. The summed E-state index contributed by atoms with van der Waals surface area (Å²) in [6, 6.07) is 0. The highest BCUT2D eigenvalue weighted by molar-refractivity contribution is 5.85. The van der Waals surface area contributed by atoms with Crippen molar-refractivity contribution in [3.8, 4) is 0 Å². The summed E-state index contributed by atoms with van der Waals surface area (Å²) in [7, 11) is 1.50. The first-order valence-corrected chi connectivity index (χ1v) is 2.49. The van der Waals surface area contributed by atoms with Crippen LogP contribution in [0.3, 0.4) is 0 Å². The molecule has 48 valence electrons. The molecule has 1 nitrogen and oxygen atoms in total. The van der Waals surface area contributed by atoms with E-state index in [1.54, 1.807) is 0 Å². The lowest BCUT2D eigenvalue weighted by Gasteiger charge is -1.68. The van der Waals surface area contributed by atoms with Crippen molar-refractivity contribution in [1.29, 1.82) is 0 Å². The molecule has 0 aliphatic rings. The second kappa shape index (κ2) is 34.0. The van der Waals surface area contributed by atoms with Crippen molar-refractivity contribution in [1.82, 2.24) is 0 Å². The first-order valence-electron chi connectivity index (χ1n) is 2.49. The fourth-order valence-electron chi connectivity index (χ4n) is 0. The van der Waals surface area contributed by atoms with Gasteiger partial charge in [0.1, 0.15) is 0 Å². The number of nitrogens with two attached hydrogens (primary N) is 1. The van der Waals surface area contributed by atoms with E-state index in [0.29, 0.717) is 0 Å². The maximum Gasteiger partial charge on any atom is -0.0195 e. The molecular weight excluding hydrogens is 110 g/mol. The van der Waals surface area contributed by atoms with Crippen LogP contribution in [0.1, 0.15) is 26.7 Å². The van der Waals surface area contributed by atoms with E-state index >= 15 is 0 Å². The van der Waals surface area contributed by atoms with Gasteiger partial charge in [0.25, 0.3) is 0 Å². The van der Waals surface area contributed by atoms with E-state index in [9.17, 15) is 0 Å². The molecular formula is C5H16ClN. The third-order valence-corrected chi connectivity index (χ3v) is 0.500. The van der Waals surface area contributed by atoms with E-state index in [1.165, 1.54) is 19.9 Å². The van der Waals surface area contributed by atoms with Crippen LogP contribution in [0.15, 0.2) is 0 Å². The normalized spacial score (nSPS) is 5.14. The van der Waals surface area contributed by atoms with Crippen LogP contribution in [-0.4, -0.2) is 7.05 Å². The molecule has 0 amide bonds. The molecule has 0 heterocycles. The Hall–Kier alpha value is 0.250. The molecule has 0 aromatic rings. The van der Waals surface area contributed by atoms with Gasteiger partial charge in [0.2, 0.25) is 0 Å². The molecule has 0 unspecified atom stereocenters. The van der Waals surface area contributed by atoms with Gasteiger partial charge in [-0.15, -0.1) is 12.4 Å². The first-order chi connectivity index (χ1) is 2.91. The van der Waals surface area contributed by atoms with E-state index in [4.69, 9.17) is 0 Å². The molecule has 0 saturated heterocycles. The van der Waals surface area contributed by atoms with Gasteiger partial charge in [0.05, 0.1) is 0 Å². The highest BCUT2D eigenvalue weighted by Gasteiger charge is 1.56. The second-order valence-corrected chi connectivity index (χ2v) is 1.000. The molecule has 0 atom stereocenters. The van der Waals surface area contributed by atoms with Crippen molar-refractivity contribution >= 4 is 12.4 Å². The second-order valence-electron chi connectivity index (χ2n) is 1.000. The van der Waals surface area contributed by atoms with Gasteiger partial charge in [-0.2, -0.15) is 0 Å². The summed E-state index contributed by atoms with van der Waals surface area (Å²) in [5.41, 5.74) is 4.50. The Morgan fingerprint density at radius 1 is 1.00 bits per heavy atom. The predicted molar refractivity (Wildman–Crippen MR) is 37.9 cm³/mol. The Kier molecular flexibility index (Phi) is 76.2. The highest BCUT2D eigenvalue weighted by atomic mass is 35.5. The smallest absolute Gasteiger partial charge is 0.0195 e. The molecule has 0 bridgehead atoms. The minimum absolute atomic E-state index is 0. The van der Waals surface area contributed by atoms with Crippen LogP contribution < -0.4 is 5.73 Å². The van der Waals surface area contributed by atoms with Crippen molar-refractivity contribution < 1.29 is 0 Å². The molecule has 0 fully saturated rings. The standard InChI is InChI=1S/C4H10.CH5N.ClH/c1-3-4-2;1-2;/h3-4H2,1-2H3;2H2,1H3;1H. The largest absolute Gasteiger partial charge is 0.333 e. The van der Waals surface area contributed by atoms with Crippen LogP contribution >= 0.6 is 12.4 Å². The quantitative estimate of drug-likeness (QED) is 0.569. The maximum absolute atomic E-state index is 4.50. The summed E-state index contributed by atoms with van der Waals surface area (Å²) in [4.78, 5) is 0. The number of unbranched alkanes of at least 4 members (excludes halogenated alkanes) is 1. The zero-order valence-corrected chi connectivity index (χ0v) is 6.22. The van der Waals surface area contributed by atoms with Crippen molar-refractivity contribution in [2.45, 2.75) is 26.7 Å². The summed E-state index contributed by atoms with van der Waals surface area (Å²) >= 11 is 0. The minimum atomic E-state index is 0. The highest BCUT2D eigenvalue weighted by Crippen LogP contribution is 1.76. The van der Waals surface area contributed by atoms with Crippen molar-refractivity contribution in [3.05, 3.63) is 0 Å². The lowest BCUT2D eigenvalue weighted by Crippen LogP contribution is -1.69. The maximum atomic E-state index is 4.50. The van der Waals surface area contributed by atoms with E-state index in [2.05, 4.69) is 19.6 Å². The topological polar surface area (TPSA) is 26.0 Å². The number of rotatable bonds is 1. The average molecular weight is 126 g/mol. The minimum Gasteiger partial charge on any atom is -0.333 e. The van der Waals surface area contributed by atoms with Gasteiger partial charge in [-0.1, -0.05) is 26.7 Å². The summed E-state index contributed by atoms with van der Waals surface area (Å²) in [6.07, 6.45) is 2.64. The Morgan fingerprint density at radius 3 is 1.14 bits per heavy atom. The molecule has 0 rings (SSSR count). The van der Waals surface area contributed by atoms with Gasteiger partial charge in [-0.25, -0.2) is 0 Å². The van der Waals surface area contributed by atoms with Crippen molar-refractivity contribution in [2.75, 3.05) is 7.05 Å². The lowest BCUT2D eigenvalue weighted by atomic mass is 10.4. The summed E-state index contributed by atoms with van der Waals surface area (Å²) < 4.78 is 0. The average Bonchev–Trinajstić information content (AvgIpc) is 1.72. The number of hydrogen-bond donors (Lipinski definition) is 1. The van der Waals surface area contributed by atoms with E-state index in [0.717, 1.165) is 0 Å². The van der Waals surface area contributed by atoms with Crippen LogP contribution in [0.2, 0.25) is 0 Å². The number of halogens is 1. The Balaban J connectivity index is -0.0000000480. The number of hydrogen-bond acceptors (Lipinski definition) is 1. The zero-order chi connectivity index (χ0) is 5.41. The van der Waals surface area contributed by atoms with Crippen LogP contribution in [0.5, 0.6) is 0 Å². The lowest BCUT2D eigenvalue weighted by molar-refractivity contribution is 0.886. The van der Waals surface area contributed by atoms with Crippen molar-refractivity contribution in [3.63, 3.8) is 0 Å². The van der Waals surface area contributed by atoms with Crippen LogP contribution in [0.4, 0.5) is 0 Å². The molecule has 2 heteroatoms. The fourth-order valence-corrected chi connectivity index (χ4v) is 0. The monoisotopic (exact) mass is 125 g/mol. The Bertz CT molecular complexity index is 10.0. The molecule has 0 radical (unpaired) electrons. The third kappa shape index (κ3) is 72.2. The van der Waals surface area contributed by atoms with Crippen LogP contribution in [0, 0.1) is 0 Å². The van der Waals surface area contributed by atoms with Gasteiger partial charge >= 0.3 is 0 Å². The third-order valence-electron chi connectivity index (χ3n) is 0.500. The first kappa shape index (κ1) is 15.7. The van der Waals surface area contributed by atoms with Gasteiger partial charge in [-0.05, 0) is 7.05 Å². The van der Waals surface area contributed by atoms with Gasteiger partial charge < -0.3 is 5.73 Å². The van der Waals surface area contributed by atoms with Gasteiger partial charge in [-0.3, -0.25) is 0 Å². The van der Waals surface area contributed by atoms with Gasteiger partial charge in [0.15, 0.2) is 0 Å².